The van der Waals surface area contributed by atoms with Gasteiger partial charge in [-0.15, -0.1) is 0 Å². The van der Waals surface area contributed by atoms with Gasteiger partial charge in [-0.3, -0.25) is 14.5 Å². The van der Waals surface area contributed by atoms with Crippen molar-refractivity contribution in [3.63, 3.8) is 0 Å². The van der Waals surface area contributed by atoms with Gasteiger partial charge < -0.3 is 5.32 Å². The largest absolute Gasteiger partial charge is 0.303 e. The fourth-order valence-electron chi connectivity index (χ4n) is 3.72. The summed E-state index contributed by atoms with van der Waals surface area (Å²) in [4.78, 5) is 26.5. The van der Waals surface area contributed by atoms with Gasteiger partial charge in [0.2, 0.25) is 11.8 Å². The number of carbonyl (C=O) groups is 2. The Bertz CT molecular complexity index is 362. The second-order valence-electron chi connectivity index (χ2n) is 6.56. The first-order valence-electron chi connectivity index (χ1n) is 8.79. The summed E-state index contributed by atoms with van der Waals surface area (Å²) in [6.45, 7) is 4.29. The number of carbonyl (C=O) groups excluding carboxylic acids is 2. The van der Waals surface area contributed by atoms with Crippen LogP contribution in [0, 0.1) is 0 Å². The summed E-state index contributed by atoms with van der Waals surface area (Å²) in [6.07, 6.45) is 10.3. The van der Waals surface area contributed by atoms with Gasteiger partial charge in [0, 0.05) is 12.1 Å². The van der Waals surface area contributed by atoms with E-state index in [1.165, 1.54) is 12.8 Å². The zero-order chi connectivity index (χ0) is 15.2. The van der Waals surface area contributed by atoms with Crippen LogP contribution in [-0.4, -0.2) is 34.8 Å². The van der Waals surface area contributed by atoms with Crippen LogP contribution < -0.4 is 5.32 Å². The van der Waals surface area contributed by atoms with E-state index in [2.05, 4.69) is 19.2 Å². The fourth-order valence-corrected chi connectivity index (χ4v) is 3.72. The van der Waals surface area contributed by atoms with Crippen molar-refractivity contribution in [1.29, 1.82) is 0 Å². The summed E-state index contributed by atoms with van der Waals surface area (Å²) in [6, 6.07) is 0.230. The van der Waals surface area contributed by atoms with Crippen LogP contribution in [-0.2, 0) is 9.59 Å². The molecule has 1 heterocycles. The Balaban J connectivity index is 1.98. The first-order valence-corrected chi connectivity index (χ1v) is 8.79. The number of amides is 2. The summed E-state index contributed by atoms with van der Waals surface area (Å²) in [5.41, 5.74) is 0. The molecular formula is C17H30N2O2. The first kappa shape index (κ1) is 16.5. The Kier molecular flexibility index (Phi) is 6.22. The summed E-state index contributed by atoms with van der Waals surface area (Å²) >= 11 is 0. The van der Waals surface area contributed by atoms with Crippen molar-refractivity contribution in [3.8, 4) is 0 Å². The molecule has 0 aromatic rings. The highest BCUT2D eigenvalue weighted by Gasteiger charge is 2.42. The lowest BCUT2D eigenvalue weighted by Gasteiger charge is -2.26. The van der Waals surface area contributed by atoms with Crippen LogP contribution in [0.25, 0.3) is 0 Å². The average Bonchev–Trinajstić information content (AvgIpc) is 2.67. The number of imide groups is 1. The SMILES string of the molecule is CCCC(CC)NC1CC(=O)N(C2CCCCCC2)C1=O. The van der Waals surface area contributed by atoms with Crippen LogP contribution in [0.3, 0.4) is 0 Å². The molecule has 1 aliphatic heterocycles. The molecule has 2 unspecified atom stereocenters. The normalized spacial score (nSPS) is 26.2. The third-order valence-corrected chi connectivity index (χ3v) is 4.94. The van der Waals surface area contributed by atoms with E-state index in [0.717, 1.165) is 44.9 Å². The van der Waals surface area contributed by atoms with Crippen LogP contribution >= 0.6 is 0 Å². The lowest BCUT2D eigenvalue weighted by molar-refractivity contribution is -0.141. The van der Waals surface area contributed by atoms with Crippen LogP contribution in [0.5, 0.6) is 0 Å². The zero-order valence-electron chi connectivity index (χ0n) is 13.6. The Morgan fingerprint density at radius 1 is 1.14 bits per heavy atom. The number of likely N-dealkylation sites (tertiary alicyclic amines) is 1. The van der Waals surface area contributed by atoms with Crippen LogP contribution in [0.2, 0.25) is 0 Å². The molecule has 2 amide bonds. The molecule has 0 radical (unpaired) electrons. The minimum atomic E-state index is -0.280. The van der Waals surface area contributed by atoms with Crippen molar-refractivity contribution in [1.82, 2.24) is 10.2 Å². The molecule has 0 spiro atoms. The average molecular weight is 294 g/mol. The monoisotopic (exact) mass is 294 g/mol. The Hall–Kier alpha value is -0.900. The molecule has 1 aliphatic carbocycles. The predicted molar refractivity (Wildman–Crippen MR) is 83.9 cm³/mol. The molecule has 2 fully saturated rings. The molecule has 2 atom stereocenters. The molecule has 4 heteroatoms. The summed E-state index contributed by atoms with van der Waals surface area (Å²) in [7, 11) is 0. The lowest BCUT2D eigenvalue weighted by atomic mass is 10.1. The second kappa shape index (κ2) is 7.92. The summed E-state index contributed by atoms with van der Waals surface area (Å²) in [5.74, 6) is 0.0669. The minimum Gasteiger partial charge on any atom is -0.303 e. The number of rotatable bonds is 6. The Morgan fingerprint density at radius 2 is 1.81 bits per heavy atom. The maximum absolute atomic E-state index is 12.6. The van der Waals surface area contributed by atoms with E-state index >= 15 is 0 Å². The fraction of sp³-hybridized carbons (Fsp3) is 0.882. The van der Waals surface area contributed by atoms with E-state index in [1.807, 2.05) is 0 Å². The summed E-state index contributed by atoms with van der Waals surface area (Å²) < 4.78 is 0. The molecule has 21 heavy (non-hydrogen) atoms. The van der Waals surface area contributed by atoms with Crippen molar-refractivity contribution >= 4 is 11.8 Å². The van der Waals surface area contributed by atoms with Crippen molar-refractivity contribution < 1.29 is 9.59 Å². The standard InChI is InChI=1S/C17H30N2O2/c1-3-9-13(4-2)18-15-12-16(20)19(17(15)21)14-10-7-5-6-8-11-14/h13-15,18H,3-12H2,1-2H3. The van der Waals surface area contributed by atoms with Crippen molar-refractivity contribution in [2.45, 2.75) is 96.2 Å². The molecule has 120 valence electrons. The maximum atomic E-state index is 12.6. The van der Waals surface area contributed by atoms with Crippen LogP contribution in [0.1, 0.15) is 78.1 Å². The van der Waals surface area contributed by atoms with Gasteiger partial charge in [0.25, 0.3) is 0 Å². The predicted octanol–water partition coefficient (Wildman–Crippen LogP) is 3.01. The highest BCUT2D eigenvalue weighted by molar-refractivity contribution is 6.05. The topological polar surface area (TPSA) is 49.4 Å². The molecule has 1 saturated heterocycles. The number of hydrogen-bond acceptors (Lipinski definition) is 3. The number of nitrogens with one attached hydrogen (secondary N) is 1. The van der Waals surface area contributed by atoms with Gasteiger partial charge in [0.1, 0.15) is 0 Å². The molecule has 2 rings (SSSR count). The van der Waals surface area contributed by atoms with Gasteiger partial charge in [-0.2, -0.15) is 0 Å². The van der Waals surface area contributed by atoms with Crippen molar-refractivity contribution in [2.24, 2.45) is 0 Å². The van der Waals surface area contributed by atoms with E-state index < -0.39 is 0 Å². The smallest absolute Gasteiger partial charge is 0.247 e. The van der Waals surface area contributed by atoms with Crippen LogP contribution in [0.4, 0.5) is 0 Å². The molecule has 2 aliphatic rings. The van der Waals surface area contributed by atoms with Crippen LogP contribution in [0.15, 0.2) is 0 Å². The second-order valence-corrected chi connectivity index (χ2v) is 6.56. The quantitative estimate of drug-likeness (QED) is 0.605. The lowest BCUT2D eigenvalue weighted by Crippen LogP contribution is -2.46. The van der Waals surface area contributed by atoms with E-state index in [4.69, 9.17) is 0 Å². The Morgan fingerprint density at radius 3 is 2.38 bits per heavy atom. The van der Waals surface area contributed by atoms with Gasteiger partial charge in [-0.1, -0.05) is 46.0 Å². The Labute approximate surface area is 128 Å². The van der Waals surface area contributed by atoms with Gasteiger partial charge >= 0.3 is 0 Å². The van der Waals surface area contributed by atoms with E-state index in [0.29, 0.717) is 12.5 Å². The van der Waals surface area contributed by atoms with Gasteiger partial charge in [0.05, 0.1) is 12.5 Å². The molecule has 1 N–H and O–H groups in total. The molecule has 1 saturated carbocycles. The van der Waals surface area contributed by atoms with E-state index in [9.17, 15) is 9.59 Å². The van der Waals surface area contributed by atoms with Crippen molar-refractivity contribution in [3.05, 3.63) is 0 Å². The highest BCUT2D eigenvalue weighted by Crippen LogP contribution is 2.27. The van der Waals surface area contributed by atoms with E-state index in [1.54, 1.807) is 4.90 Å². The third kappa shape index (κ3) is 4.06. The third-order valence-electron chi connectivity index (χ3n) is 4.94. The van der Waals surface area contributed by atoms with Gasteiger partial charge in [-0.05, 0) is 25.7 Å². The van der Waals surface area contributed by atoms with Gasteiger partial charge in [0.15, 0.2) is 0 Å². The van der Waals surface area contributed by atoms with E-state index in [-0.39, 0.29) is 23.9 Å². The number of nitrogens with zero attached hydrogens (tertiary/aromatic N) is 1. The maximum Gasteiger partial charge on any atom is 0.247 e. The minimum absolute atomic E-state index is 0.0291. The molecule has 0 aromatic heterocycles. The molecule has 0 aromatic carbocycles. The molecular weight excluding hydrogens is 264 g/mol. The zero-order valence-corrected chi connectivity index (χ0v) is 13.6. The molecule has 4 nitrogen and oxygen atoms in total. The summed E-state index contributed by atoms with van der Waals surface area (Å²) in [5, 5.41) is 3.42. The first-order chi connectivity index (χ1) is 10.2. The van der Waals surface area contributed by atoms with Crippen molar-refractivity contribution in [2.75, 3.05) is 0 Å². The number of hydrogen-bond donors (Lipinski definition) is 1. The molecule has 0 bridgehead atoms. The highest BCUT2D eigenvalue weighted by atomic mass is 16.2. The van der Waals surface area contributed by atoms with Gasteiger partial charge in [-0.25, -0.2) is 0 Å².